The zero-order valence-electron chi connectivity index (χ0n) is 6.90. The van der Waals surface area contributed by atoms with Crippen molar-refractivity contribution in [1.82, 2.24) is 0 Å². The van der Waals surface area contributed by atoms with Crippen molar-refractivity contribution in [3.63, 3.8) is 0 Å². The highest BCUT2D eigenvalue weighted by atomic mass is 32.2. The lowest BCUT2D eigenvalue weighted by Gasteiger charge is -1.88. The number of hydrogen-bond donors (Lipinski definition) is 1. The second-order valence-electron chi connectivity index (χ2n) is 2.79. The van der Waals surface area contributed by atoms with E-state index in [0.29, 0.717) is 5.39 Å². The van der Waals surface area contributed by atoms with Crippen LogP contribution in [0.1, 0.15) is 0 Å². The molecule has 2 aromatic rings. The van der Waals surface area contributed by atoms with Gasteiger partial charge in [-0.3, -0.25) is 0 Å². The molecule has 0 fully saturated rings. The van der Waals surface area contributed by atoms with E-state index in [0.717, 1.165) is 0 Å². The molecule has 1 aromatic heterocycles. The Morgan fingerprint density at radius 2 is 2.00 bits per heavy atom. The second-order valence-corrected chi connectivity index (χ2v) is 4.28. The number of furan rings is 1. The van der Waals surface area contributed by atoms with Gasteiger partial charge in [-0.05, 0) is 18.2 Å². The first-order chi connectivity index (χ1) is 6.47. The predicted molar refractivity (Wildman–Crippen MR) is 47.5 cm³/mol. The second kappa shape index (κ2) is 2.79. The summed E-state index contributed by atoms with van der Waals surface area (Å²) in [5, 5.41) is 4.85. The highest BCUT2D eigenvalue weighted by molar-refractivity contribution is 7.89. The summed E-state index contributed by atoms with van der Waals surface area (Å²) in [6, 6.07) is 4.89. The maximum Gasteiger partial charge on any atom is 0.271 e. The van der Waals surface area contributed by atoms with Gasteiger partial charge in [-0.15, -0.1) is 0 Å². The Kier molecular flexibility index (Phi) is 1.83. The average Bonchev–Trinajstić information content (AvgIpc) is 2.45. The van der Waals surface area contributed by atoms with Crippen molar-refractivity contribution in [1.29, 1.82) is 0 Å². The number of primary sulfonamides is 1. The zero-order valence-corrected chi connectivity index (χ0v) is 7.71. The Morgan fingerprint density at radius 1 is 1.29 bits per heavy atom. The van der Waals surface area contributed by atoms with Crippen molar-refractivity contribution in [3.8, 4) is 0 Å². The van der Waals surface area contributed by atoms with Crippen molar-refractivity contribution >= 4 is 21.0 Å². The number of rotatable bonds is 1. The van der Waals surface area contributed by atoms with Crippen LogP contribution in [0.25, 0.3) is 11.0 Å². The minimum atomic E-state index is -3.87. The van der Waals surface area contributed by atoms with Crippen LogP contribution < -0.4 is 5.14 Å². The fourth-order valence-electron chi connectivity index (χ4n) is 1.13. The largest absolute Gasteiger partial charge is 0.443 e. The predicted octanol–water partition coefficient (Wildman–Crippen LogP) is 1.22. The highest BCUT2D eigenvalue weighted by Gasteiger charge is 2.14. The van der Waals surface area contributed by atoms with Crippen molar-refractivity contribution in [3.05, 3.63) is 30.1 Å². The van der Waals surface area contributed by atoms with E-state index in [-0.39, 0.29) is 10.7 Å². The van der Waals surface area contributed by atoms with Crippen LogP contribution >= 0.6 is 0 Å². The molecular formula is C8H6FNO3S. The smallest absolute Gasteiger partial charge is 0.271 e. The third-order valence-corrected chi connectivity index (χ3v) is 2.50. The van der Waals surface area contributed by atoms with Gasteiger partial charge < -0.3 is 4.42 Å². The molecule has 0 bridgehead atoms. The summed E-state index contributed by atoms with van der Waals surface area (Å²) in [5.74, 6) is -0.459. The molecule has 2 N–H and O–H groups in total. The van der Waals surface area contributed by atoms with Gasteiger partial charge in [0.2, 0.25) is 5.09 Å². The van der Waals surface area contributed by atoms with E-state index in [4.69, 9.17) is 9.56 Å². The number of fused-ring (bicyclic) bond motifs is 1. The average molecular weight is 215 g/mol. The van der Waals surface area contributed by atoms with Crippen molar-refractivity contribution < 1.29 is 17.2 Å². The molecule has 0 atom stereocenters. The van der Waals surface area contributed by atoms with Crippen LogP contribution in [0.15, 0.2) is 33.8 Å². The lowest BCUT2D eigenvalue weighted by Crippen LogP contribution is -2.10. The minimum Gasteiger partial charge on any atom is -0.443 e. The van der Waals surface area contributed by atoms with Gasteiger partial charge in [-0.25, -0.2) is 17.9 Å². The molecular weight excluding hydrogens is 209 g/mol. The minimum absolute atomic E-state index is 0.287. The molecule has 0 aliphatic rings. The molecule has 2 rings (SSSR count). The number of sulfonamides is 1. The zero-order chi connectivity index (χ0) is 10.3. The lowest BCUT2D eigenvalue weighted by atomic mass is 10.2. The molecule has 6 heteroatoms. The molecule has 74 valence electrons. The van der Waals surface area contributed by atoms with Crippen LogP contribution in [0.5, 0.6) is 0 Å². The van der Waals surface area contributed by atoms with Crippen LogP contribution in [0.2, 0.25) is 0 Å². The number of hydrogen-bond acceptors (Lipinski definition) is 3. The fraction of sp³-hybridized carbons (Fsp3) is 0. The molecule has 4 nitrogen and oxygen atoms in total. The maximum atomic E-state index is 12.7. The fourth-order valence-corrected chi connectivity index (χ4v) is 1.63. The van der Waals surface area contributed by atoms with Gasteiger partial charge in [0.1, 0.15) is 11.4 Å². The summed E-state index contributed by atoms with van der Waals surface area (Å²) in [7, 11) is -3.87. The van der Waals surface area contributed by atoms with E-state index in [1.165, 1.54) is 24.3 Å². The molecule has 0 aliphatic heterocycles. The Labute approximate surface area is 79.2 Å². The van der Waals surface area contributed by atoms with Crippen molar-refractivity contribution in [2.45, 2.75) is 5.09 Å². The summed E-state index contributed by atoms with van der Waals surface area (Å²) in [6.45, 7) is 0. The maximum absolute atomic E-state index is 12.7. The van der Waals surface area contributed by atoms with Gasteiger partial charge in [-0.1, -0.05) is 0 Å². The molecule has 0 unspecified atom stereocenters. The number of nitrogens with two attached hydrogens (primary N) is 1. The van der Waals surface area contributed by atoms with Gasteiger partial charge in [-0.2, -0.15) is 0 Å². The quantitative estimate of drug-likeness (QED) is 0.777. The third kappa shape index (κ3) is 1.49. The van der Waals surface area contributed by atoms with Crippen LogP contribution in [0, 0.1) is 5.82 Å². The van der Waals surface area contributed by atoms with Crippen LogP contribution in [0.4, 0.5) is 4.39 Å². The Bertz CT molecular complexity index is 588. The van der Waals surface area contributed by atoms with E-state index in [1.807, 2.05) is 0 Å². The number of benzene rings is 1. The Balaban J connectivity index is 2.75. The summed E-state index contributed by atoms with van der Waals surface area (Å²) in [5.41, 5.74) is 0.287. The van der Waals surface area contributed by atoms with Gasteiger partial charge in [0.15, 0.2) is 0 Å². The van der Waals surface area contributed by atoms with E-state index in [9.17, 15) is 12.8 Å². The normalized spacial score (nSPS) is 12.1. The van der Waals surface area contributed by atoms with E-state index in [2.05, 4.69) is 0 Å². The molecule has 14 heavy (non-hydrogen) atoms. The SMILES string of the molecule is NS(=O)(=O)c1cc2cc(F)ccc2o1. The molecule has 0 radical (unpaired) electrons. The molecule has 1 heterocycles. The summed E-state index contributed by atoms with van der Waals surface area (Å²) in [6.07, 6.45) is 0. The molecule has 1 aromatic carbocycles. The van der Waals surface area contributed by atoms with Crippen LogP contribution in [-0.2, 0) is 10.0 Å². The molecule has 0 aliphatic carbocycles. The first-order valence-corrected chi connectivity index (χ1v) is 5.23. The summed E-state index contributed by atoms with van der Waals surface area (Å²) < 4.78 is 39.4. The monoisotopic (exact) mass is 215 g/mol. The van der Waals surface area contributed by atoms with E-state index < -0.39 is 15.8 Å². The lowest BCUT2D eigenvalue weighted by molar-refractivity contribution is 0.482. The molecule has 0 amide bonds. The van der Waals surface area contributed by atoms with Gasteiger partial charge in [0.25, 0.3) is 10.0 Å². The van der Waals surface area contributed by atoms with E-state index >= 15 is 0 Å². The van der Waals surface area contributed by atoms with Crippen molar-refractivity contribution in [2.75, 3.05) is 0 Å². The summed E-state index contributed by atoms with van der Waals surface area (Å²) >= 11 is 0. The van der Waals surface area contributed by atoms with Crippen LogP contribution in [-0.4, -0.2) is 8.42 Å². The molecule has 0 spiro atoms. The van der Waals surface area contributed by atoms with Crippen molar-refractivity contribution in [2.24, 2.45) is 5.14 Å². The number of halogens is 1. The Hall–Kier alpha value is -1.40. The third-order valence-electron chi connectivity index (χ3n) is 1.74. The topological polar surface area (TPSA) is 73.3 Å². The highest BCUT2D eigenvalue weighted by Crippen LogP contribution is 2.22. The Morgan fingerprint density at radius 3 is 2.64 bits per heavy atom. The molecule has 0 saturated carbocycles. The first kappa shape index (κ1) is 9.17. The van der Waals surface area contributed by atoms with Crippen LogP contribution in [0.3, 0.4) is 0 Å². The van der Waals surface area contributed by atoms with Gasteiger partial charge in [0.05, 0.1) is 0 Å². The van der Waals surface area contributed by atoms with Gasteiger partial charge >= 0.3 is 0 Å². The van der Waals surface area contributed by atoms with Gasteiger partial charge in [0, 0.05) is 11.5 Å². The van der Waals surface area contributed by atoms with E-state index in [1.54, 1.807) is 0 Å². The first-order valence-electron chi connectivity index (χ1n) is 3.69. The standard InChI is InChI=1S/C8H6FNO3S/c9-6-1-2-7-5(3-6)4-8(13-7)14(10,11)12/h1-4H,(H2,10,11,12). The summed E-state index contributed by atoms with van der Waals surface area (Å²) in [4.78, 5) is 0. The molecule has 0 saturated heterocycles.